The first kappa shape index (κ1) is 13.5. The standard InChI is InChI=1S/C8H17NO4S/c1-6(14(3)12)4-9-7(5-13-2)8(10)11/h6-7,9H,4-5H2,1-3H3,(H,10,11). The van der Waals surface area contributed by atoms with E-state index in [0.717, 1.165) is 0 Å². The van der Waals surface area contributed by atoms with Gasteiger partial charge in [-0.2, -0.15) is 0 Å². The maximum atomic E-state index is 11.0. The summed E-state index contributed by atoms with van der Waals surface area (Å²) in [5, 5.41) is 11.5. The van der Waals surface area contributed by atoms with Crippen molar-refractivity contribution >= 4 is 16.8 Å². The summed E-state index contributed by atoms with van der Waals surface area (Å²) in [4.78, 5) is 10.7. The highest BCUT2D eigenvalue weighted by Gasteiger charge is 2.17. The van der Waals surface area contributed by atoms with Crippen molar-refractivity contribution in [3.63, 3.8) is 0 Å². The van der Waals surface area contributed by atoms with E-state index >= 15 is 0 Å². The monoisotopic (exact) mass is 223 g/mol. The Morgan fingerprint density at radius 2 is 2.21 bits per heavy atom. The van der Waals surface area contributed by atoms with Gasteiger partial charge in [-0.05, 0) is 6.92 Å². The number of hydrogen-bond donors (Lipinski definition) is 2. The van der Waals surface area contributed by atoms with Crippen molar-refractivity contribution in [2.75, 3.05) is 26.5 Å². The first-order valence-electron chi connectivity index (χ1n) is 4.26. The fourth-order valence-electron chi connectivity index (χ4n) is 0.810. The molecule has 5 nitrogen and oxygen atoms in total. The first-order valence-corrected chi connectivity index (χ1v) is 5.88. The Morgan fingerprint density at radius 3 is 2.57 bits per heavy atom. The zero-order valence-electron chi connectivity index (χ0n) is 8.65. The Bertz CT molecular complexity index is 210. The lowest BCUT2D eigenvalue weighted by Crippen LogP contribution is -2.43. The fraction of sp³-hybridized carbons (Fsp3) is 0.875. The van der Waals surface area contributed by atoms with Crippen molar-refractivity contribution in [3.05, 3.63) is 0 Å². The molecule has 0 heterocycles. The molecule has 0 rings (SSSR count). The summed E-state index contributed by atoms with van der Waals surface area (Å²) < 4.78 is 15.7. The van der Waals surface area contributed by atoms with Crippen molar-refractivity contribution in [2.45, 2.75) is 18.2 Å². The molecule has 0 radical (unpaired) electrons. The molecule has 6 heteroatoms. The van der Waals surface area contributed by atoms with Crippen molar-refractivity contribution in [1.29, 1.82) is 0 Å². The molecule has 3 atom stereocenters. The largest absolute Gasteiger partial charge is 0.480 e. The summed E-state index contributed by atoms with van der Waals surface area (Å²) in [6, 6.07) is -0.731. The molecule has 0 saturated carbocycles. The van der Waals surface area contributed by atoms with Crippen molar-refractivity contribution < 1.29 is 18.8 Å². The lowest BCUT2D eigenvalue weighted by atomic mass is 10.3. The van der Waals surface area contributed by atoms with Gasteiger partial charge in [-0.3, -0.25) is 9.00 Å². The molecule has 0 fully saturated rings. The van der Waals surface area contributed by atoms with Crippen LogP contribution in [0.5, 0.6) is 0 Å². The van der Waals surface area contributed by atoms with Crippen LogP contribution in [0.3, 0.4) is 0 Å². The number of nitrogens with one attached hydrogen (secondary N) is 1. The zero-order chi connectivity index (χ0) is 11.1. The van der Waals surface area contributed by atoms with Gasteiger partial charge in [0, 0.05) is 36.0 Å². The van der Waals surface area contributed by atoms with Gasteiger partial charge in [-0.25, -0.2) is 0 Å². The molecule has 0 amide bonds. The minimum atomic E-state index is -0.957. The molecule has 0 aliphatic heterocycles. The predicted octanol–water partition coefficient (Wildman–Crippen LogP) is -0.557. The van der Waals surface area contributed by atoms with E-state index in [1.54, 1.807) is 13.2 Å². The van der Waals surface area contributed by atoms with Crippen LogP contribution in [0.4, 0.5) is 0 Å². The maximum absolute atomic E-state index is 11.0. The van der Waals surface area contributed by atoms with E-state index in [1.165, 1.54) is 7.11 Å². The quantitative estimate of drug-likeness (QED) is 0.605. The molecule has 0 aromatic carbocycles. The summed E-state index contributed by atoms with van der Waals surface area (Å²) in [5.74, 6) is -0.957. The first-order chi connectivity index (χ1) is 6.49. The Kier molecular flexibility index (Phi) is 6.69. The Morgan fingerprint density at radius 1 is 1.64 bits per heavy atom. The summed E-state index contributed by atoms with van der Waals surface area (Å²) in [6.45, 7) is 2.32. The third kappa shape index (κ3) is 5.31. The summed E-state index contributed by atoms with van der Waals surface area (Å²) >= 11 is 0. The molecule has 0 aliphatic carbocycles. The van der Waals surface area contributed by atoms with E-state index in [4.69, 9.17) is 9.84 Å². The number of carboxylic acids is 1. The Balaban J connectivity index is 3.93. The highest BCUT2D eigenvalue weighted by atomic mass is 32.2. The average Bonchev–Trinajstić information content (AvgIpc) is 2.10. The molecule has 14 heavy (non-hydrogen) atoms. The molecular weight excluding hydrogens is 206 g/mol. The molecule has 0 bridgehead atoms. The number of aliphatic carboxylic acids is 1. The number of carbonyl (C=O) groups is 1. The molecule has 0 spiro atoms. The average molecular weight is 223 g/mol. The van der Waals surface area contributed by atoms with Crippen molar-refractivity contribution in [3.8, 4) is 0 Å². The van der Waals surface area contributed by atoms with Crippen LogP contribution in [0.25, 0.3) is 0 Å². The van der Waals surface area contributed by atoms with Crippen LogP contribution >= 0.6 is 0 Å². The Hall–Kier alpha value is -0.460. The van der Waals surface area contributed by atoms with Gasteiger partial charge in [-0.1, -0.05) is 0 Å². The zero-order valence-corrected chi connectivity index (χ0v) is 9.47. The van der Waals surface area contributed by atoms with Crippen molar-refractivity contribution in [2.24, 2.45) is 0 Å². The third-order valence-corrected chi connectivity index (χ3v) is 3.15. The summed E-state index contributed by atoms with van der Waals surface area (Å²) in [6.07, 6.45) is 1.60. The molecule has 0 aromatic heterocycles. The summed E-state index contributed by atoms with van der Waals surface area (Å²) in [7, 11) is 0.503. The maximum Gasteiger partial charge on any atom is 0.323 e. The summed E-state index contributed by atoms with van der Waals surface area (Å²) in [5.41, 5.74) is 0. The van der Waals surface area contributed by atoms with Crippen LogP contribution in [0, 0.1) is 0 Å². The smallest absolute Gasteiger partial charge is 0.323 e. The van der Waals surface area contributed by atoms with Crippen LogP contribution in [0.15, 0.2) is 0 Å². The topological polar surface area (TPSA) is 75.6 Å². The van der Waals surface area contributed by atoms with Gasteiger partial charge < -0.3 is 15.2 Å². The highest BCUT2D eigenvalue weighted by molar-refractivity contribution is 7.84. The van der Waals surface area contributed by atoms with Gasteiger partial charge in [0.25, 0.3) is 0 Å². The minimum Gasteiger partial charge on any atom is -0.480 e. The van der Waals surface area contributed by atoms with Gasteiger partial charge in [0.15, 0.2) is 0 Å². The van der Waals surface area contributed by atoms with E-state index in [0.29, 0.717) is 6.54 Å². The van der Waals surface area contributed by atoms with Crippen LogP contribution in [0.1, 0.15) is 6.92 Å². The van der Waals surface area contributed by atoms with E-state index in [2.05, 4.69) is 5.32 Å². The second-order valence-corrected chi connectivity index (χ2v) is 4.87. The Labute approximate surface area is 86.3 Å². The number of methoxy groups -OCH3 is 1. The van der Waals surface area contributed by atoms with Crippen molar-refractivity contribution in [1.82, 2.24) is 5.32 Å². The van der Waals surface area contributed by atoms with Crippen LogP contribution < -0.4 is 5.32 Å². The van der Waals surface area contributed by atoms with Gasteiger partial charge in [0.2, 0.25) is 0 Å². The van der Waals surface area contributed by atoms with E-state index in [9.17, 15) is 9.00 Å². The number of carboxylic acid groups (broad SMARTS) is 1. The van der Waals surface area contributed by atoms with E-state index < -0.39 is 22.8 Å². The molecule has 0 saturated heterocycles. The number of ether oxygens (including phenoxy) is 1. The molecule has 84 valence electrons. The fourth-order valence-corrected chi connectivity index (χ4v) is 1.14. The SMILES string of the molecule is COCC(NCC(C)S(C)=O)C(=O)O. The molecule has 2 N–H and O–H groups in total. The van der Waals surface area contributed by atoms with E-state index in [1.807, 2.05) is 0 Å². The normalized spacial score (nSPS) is 17.4. The molecular formula is C8H17NO4S. The van der Waals surface area contributed by atoms with Crippen LogP contribution in [-0.2, 0) is 20.3 Å². The number of rotatable bonds is 7. The molecule has 0 aliphatic rings. The lowest BCUT2D eigenvalue weighted by molar-refractivity contribution is -0.140. The molecule has 3 unspecified atom stereocenters. The minimum absolute atomic E-state index is 0.0614. The van der Waals surface area contributed by atoms with Gasteiger partial charge in [0.1, 0.15) is 6.04 Å². The second kappa shape index (κ2) is 6.92. The lowest BCUT2D eigenvalue weighted by Gasteiger charge is -2.15. The van der Waals surface area contributed by atoms with Gasteiger partial charge in [-0.15, -0.1) is 0 Å². The van der Waals surface area contributed by atoms with Gasteiger partial charge >= 0.3 is 5.97 Å². The van der Waals surface area contributed by atoms with E-state index in [-0.39, 0.29) is 11.9 Å². The van der Waals surface area contributed by atoms with Crippen LogP contribution in [0.2, 0.25) is 0 Å². The van der Waals surface area contributed by atoms with Crippen LogP contribution in [-0.4, -0.2) is 53.1 Å². The number of hydrogen-bond acceptors (Lipinski definition) is 4. The predicted molar refractivity (Wildman–Crippen MR) is 54.8 cm³/mol. The van der Waals surface area contributed by atoms with Gasteiger partial charge in [0.05, 0.1) is 6.61 Å². The second-order valence-electron chi connectivity index (χ2n) is 3.06. The molecule has 0 aromatic rings. The highest BCUT2D eigenvalue weighted by Crippen LogP contribution is 1.92. The third-order valence-electron chi connectivity index (χ3n) is 1.85.